The summed E-state index contributed by atoms with van der Waals surface area (Å²) in [5.74, 6) is 1.33. The molecule has 0 aromatic heterocycles. The second-order valence-corrected chi connectivity index (χ2v) is 2.35. The van der Waals surface area contributed by atoms with Crippen LogP contribution in [0.3, 0.4) is 0 Å². The van der Waals surface area contributed by atoms with Crippen molar-refractivity contribution in [3.8, 4) is 11.5 Å². The molecule has 0 aliphatic rings. The highest BCUT2D eigenvalue weighted by Crippen LogP contribution is 2.21. The van der Waals surface area contributed by atoms with Crippen molar-refractivity contribution in [3.63, 3.8) is 0 Å². The number of oxime groups is 1. The zero-order valence-corrected chi connectivity index (χ0v) is 7.52. The maximum Gasteiger partial charge on any atom is 0.128 e. The van der Waals surface area contributed by atoms with Gasteiger partial charge in [0.15, 0.2) is 0 Å². The molecule has 0 amide bonds. The van der Waals surface area contributed by atoms with E-state index < -0.39 is 0 Å². The molecule has 0 atom stereocenters. The van der Waals surface area contributed by atoms with E-state index in [0.717, 1.165) is 0 Å². The van der Waals surface area contributed by atoms with Crippen LogP contribution in [0, 0.1) is 0 Å². The van der Waals surface area contributed by atoms with E-state index in [1.165, 1.54) is 6.21 Å². The highest BCUT2D eigenvalue weighted by atomic mass is 16.5. The van der Waals surface area contributed by atoms with Gasteiger partial charge < -0.3 is 14.7 Å². The lowest BCUT2D eigenvalue weighted by Gasteiger charge is -2.05. The van der Waals surface area contributed by atoms with Gasteiger partial charge in [-0.1, -0.05) is 5.16 Å². The fourth-order valence-corrected chi connectivity index (χ4v) is 1.00. The average molecular weight is 181 g/mol. The summed E-state index contributed by atoms with van der Waals surface area (Å²) >= 11 is 0. The van der Waals surface area contributed by atoms with Crippen molar-refractivity contribution in [2.45, 2.75) is 0 Å². The van der Waals surface area contributed by atoms with Crippen LogP contribution in [0.2, 0.25) is 0 Å². The van der Waals surface area contributed by atoms with E-state index in [4.69, 9.17) is 14.7 Å². The fraction of sp³-hybridized carbons (Fsp3) is 0.222. The summed E-state index contributed by atoms with van der Waals surface area (Å²) in [4.78, 5) is 0. The summed E-state index contributed by atoms with van der Waals surface area (Å²) in [5, 5.41) is 11.3. The molecule has 13 heavy (non-hydrogen) atoms. The molecule has 0 heterocycles. The normalized spacial score (nSPS) is 10.3. The van der Waals surface area contributed by atoms with Crippen LogP contribution in [-0.4, -0.2) is 25.6 Å². The fourth-order valence-electron chi connectivity index (χ4n) is 1.00. The van der Waals surface area contributed by atoms with E-state index in [0.29, 0.717) is 17.1 Å². The van der Waals surface area contributed by atoms with Crippen molar-refractivity contribution < 1.29 is 14.7 Å². The Hall–Kier alpha value is -1.71. The second-order valence-electron chi connectivity index (χ2n) is 2.35. The van der Waals surface area contributed by atoms with E-state index in [2.05, 4.69) is 5.16 Å². The number of rotatable bonds is 3. The summed E-state index contributed by atoms with van der Waals surface area (Å²) in [6.07, 6.45) is 1.29. The van der Waals surface area contributed by atoms with Gasteiger partial charge in [0.25, 0.3) is 0 Å². The molecule has 1 aromatic rings. The molecule has 0 radical (unpaired) electrons. The molecule has 0 spiro atoms. The summed E-state index contributed by atoms with van der Waals surface area (Å²) in [6, 6.07) is 5.24. The van der Waals surface area contributed by atoms with Crippen LogP contribution >= 0.6 is 0 Å². The number of nitrogens with zero attached hydrogens (tertiary/aromatic N) is 1. The van der Waals surface area contributed by atoms with Gasteiger partial charge in [-0.2, -0.15) is 0 Å². The van der Waals surface area contributed by atoms with Crippen LogP contribution in [0.4, 0.5) is 0 Å². The van der Waals surface area contributed by atoms with Crippen molar-refractivity contribution in [2.75, 3.05) is 14.2 Å². The van der Waals surface area contributed by atoms with Gasteiger partial charge in [-0.3, -0.25) is 0 Å². The van der Waals surface area contributed by atoms with Gasteiger partial charge in [0.2, 0.25) is 0 Å². The Morgan fingerprint density at radius 1 is 1.31 bits per heavy atom. The van der Waals surface area contributed by atoms with Gasteiger partial charge in [0.1, 0.15) is 11.5 Å². The van der Waals surface area contributed by atoms with Crippen LogP contribution in [-0.2, 0) is 0 Å². The Morgan fingerprint density at radius 2 is 2.08 bits per heavy atom. The van der Waals surface area contributed by atoms with Crippen molar-refractivity contribution in [3.05, 3.63) is 23.8 Å². The van der Waals surface area contributed by atoms with Gasteiger partial charge in [0, 0.05) is 5.56 Å². The molecular weight excluding hydrogens is 170 g/mol. The topological polar surface area (TPSA) is 51.0 Å². The molecule has 0 saturated carbocycles. The van der Waals surface area contributed by atoms with Gasteiger partial charge in [-0.05, 0) is 18.2 Å². The van der Waals surface area contributed by atoms with Crippen molar-refractivity contribution >= 4 is 6.21 Å². The molecule has 70 valence electrons. The molecule has 1 N–H and O–H groups in total. The smallest absolute Gasteiger partial charge is 0.128 e. The SMILES string of the molecule is COc1ccc(OC)c(/C=N/O)c1. The molecule has 0 unspecified atom stereocenters. The molecule has 1 rings (SSSR count). The predicted molar refractivity (Wildman–Crippen MR) is 48.9 cm³/mol. The van der Waals surface area contributed by atoms with Crippen LogP contribution in [0.1, 0.15) is 5.56 Å². The summed E-state index contributed by atoms with van der Waals surface area (Å²) in [6.45, 7) is 0. The Bertz CT molecular complexity index is 310. The van der Waals surface area contributed by atoms with Crippen molar-refractivity contribution in [1.82, 2.24) is 0 Å². The second kappa shape index (κ2) is 4.35. The Morgan fingerprint density at radius 3 is 2.62 bits per heavy atom. The first-order chi connectivity index (χ1) is 6.31. The van der Waals surface area contributed by atoms with E-state index >= 15 is 0 Å². The minimum absolute atomic E-state index is 0.638. The molecule has 0 aliphatic carbocycles. The lowest BCUT2D eigenvalue weighted by Crippen LogP contribution is -1.92. The minimum Gasteiger partial charge on any atom is -0.497 e. The number of hydrogen-bond acceptors (Lipinski definition) is 4. The quantitative estimate of drug-likeness (QED) is 0.437. The number of ether oxygens (including phenoxy) is 2. The number of methoxy groups -OCH3 is 2. The van der Waals surface area contributed by atoms with Gasteiger partial charge in [0.05, 0.1) is 20.4 Å². The third-order valence-electron chi connectivity index (χ3n) is 1.63. The van der Waals surface area contributed by atoms with Crippen molar-refractivity contribution in [2.24, 2.45) is 5.16 Å². The first-order valence-corrected chi connectivity index (χ1v) is 3.71. The lowest BCUT2D eigenvalue weighted by molar-refractivity contribution is 0.321. The molecule has 4 heteroatoms. The summed E-state index contributed by atoms with van der Waals surface area (Å²) in [7, 11) is 3.12. The molecular formula is C9H11NO3. The summed E-state index contributed by atoms with van der Waals surface area (Å²) < 4.78 is 10.0. The average Bonchev–Trinajstić information content (AvgIpc) is 2.18. The number of hydrogen-bond donors (Lipinski definition) is 1. The van der Waals surface area contributed by atoms with Gasteiger partial charge in [-0.15, -0.1) is 0 Å². The molecule has 0 saturated heterocycles. The maximum absolute atomic E-state index is 8.38. The number of benzene rings is 1. The molecule has 0 aliphatic heterocycles. The van der Waals surface area contributed by atoms with Gasteiger partial charge in [-0.25, -0.2) is 0 Å². The maximum atomic E-state index is 8.38. The van der Waals surface area contributed by atoms with Crippen LogP contribution < -0.4 is 9.47 Å². The first kappa shape index (κ1) is 9.38. The van der Waals surface area contributed by atoms with Gasteiger partial charge >= 0.3 is 0 Å². The third-order valence-corrected chi connectivity index (χ3v) is 1.63. The predicted octanol–water partition coefficient (Wildman–Crippen LogP) is 1.51. The summed E-state index contributed by atoms with van der Waals surface area (Å²) in [5.41, 5.74) is 0.671. The largest absolute Gasteiger partial charge is 0.497 e. The van der Waals surface area contributed by atoms with Crippen molar-refractivity contribution in [1.29, 1.82) is 0 Å². The van der Waals surface area contributed by atoms with E-state index in [1.807, 2.05) is 0 Å². The molecule has 0 bridgehead atoms. The molecule has 0 fully saturated rings. The lowest BCUT2D eigenvalue weighted by atomic mass is 10.2. The van der Waals surface area contributed by atoms with E-state index in [-0.39, 0.29) is 0 Å². The standard InChI is InChI=1S/C9H11NO3/c1-12-8-3-4-9(13-2)7(5-8)6-10-11/h3-6,11H,1-2H3/b10-6+. The zero-order chi connectivity index (χ0) is 9.68. The van der Waals surface area contributed by atoms with E-state index in [9.17, 15) is 0 Å². The highest BCUT2D eigenvalue weighted by molar-refractivity contribution is 5.83. The monoisotopic (exact) mass is 181 g/mol. The Balaban J connectivity index is 3.09. The minimum atomic E-state index is 0.638. The van der Waals surface area contributed by atoms with Crippen LogP contribution in [0.5, 0.6) is 11.5 Å². The first-order valence-electron chi connectivity index (χ1n) is 3.71. The Kier molecular flexibility index (Phi) is 3.14. The molecule has 1 aromatic carbocycles. The zero-order valence-electron chi connectivity index (χ0n) is 7.52. The highest BCUT2D eigenvalue weighted by Gasteiger charge is 2.01. The van der Waals surface area contributed by atoms with Crippen LogP contribution in [0.15, 0.2) is 23.4 Å². The molecule has 4 nitrogen and oxygen atoms in total. The Labute approximate surface area is 76.4 Å². The third kappa shape index (κ3) is 2.11. The van der Waals surface area contributed by atoms with Crippen LogP contribution in [0.25, 0.3) is 0 Å². The van der Waals surface area contributed by atoms with E-state index in [1.54, 1.807) is 32.4 Å².